The van der Waals surface area contributed by atoms with Crippen LogP contribution in [0.4, 0.5) is 0 Å². The molecule has 2 heteroatoms. The smallest absolute Gasteiger partial charge is 0.0654 e. The minimum Gasteiger partial charge on any atom is -0.0654 e. The van der Waals surface area contributed by atoms with Gasteiger partial charge in [0.15, 0.2) is 18.5 Å². The zero-order valence-electron chi connectivity index (χ0n) is 26.9. The second-order valence-corrected chi connectivity index (χ2v) is 15.9. The van der Waals surface area contributed by atoms with E-state index in [0.717, 1.165) is 0 Å². The first-order chi connectivity index (χ1) is 18.8. The third kappa shape index (κ3) is 34.5. The van der Waals surface area contributed by atoms with Gasteiger partial charge >= 0.3 is 0 Å². The lowest BCUT2D eigenvalue weighted by Crippen LogP contribution is -1.88. The molecule has 0 aliphatic carbocycles. The highest BCUT2D eigenvalue weighted by molar-refractivity contribution is 8.05. The van der Waals surface area contributed by atoms with Crippen LogP contribution in [0.25, 0.3) is 0 Å². The van der Waals surface area contributed by atoms with Crippen LogP contribution in [-0.2, 0) is 11.8 Å². The zero-order chi connectivity index (χ0) is 27.6. The Kier molecular flexibility index (Phi) is 36.0. The maximum atomic E-state index is 5.81. The number of hydrogen-bond acceptors (Lipinski definition) is 1. The Labute approximate surface area is 249 Å². The average Bonchev–Trinajstić information content (AvgIpc) is 2.92. The molecule has 38 heavy (non-hydrogen) atoms. The lowest BCUT2D eigenvalue weighted by atomic mass is 10.0. The van der Waals surface area contributed by atoms with Crippen LogP contribution in [0.2, 0.25) is 0 Å². The van der Waals surface area contributed by atoms with Gasteiger partial charge in [0.05, 0.1) is 0 Å². The van der Waals surface area contributed by atoms with Gasteiger partial charge in [-0.15, -0.1) is 0 Å². The third-order valence-corrected chi connectivity index (χ3v) is 11.2. The van der Waals surface area contributed by atoms with E-state index in [1.54, 1.807) is 0 Å². The Morgan fingerprint density at radius 2 is 0.421 bits per heavy atom. The molecule has 0 fully saturated rings. The van der Waals surface area contributed by atoms with Crippen molar-refractivity contribution in [1.29, 1.82) is 0 Å². The Morgan fingerprint density at radius 3 is 0.605 bits per heavy atom. The molecule has 0 aromatic carbocycles. The predicted molar refractivity (Wildman–Crippen MR) is 183 cm³/mol. The van der Waals surface area contributed by atoms with E-state index >= 15 is 0 Å². The molecule has 0 nitrogen and oxygen atoms in total. The molecule has 0 aromatic heterocycles. The molecule has 0 aliphatic rings. The molecule has 0 aromatic rings. The fourth-order valence-corrected chi connectivity index (χ4v) is 7.94. The molecule has 0 N–H and O–H groups in total. The molecule has 228 valence electrons. The van der Waals surface area contributed by atoms with Gasteiger partial charge in [-0.05, 0) is 25.7 Å². The van der Waals surface area contributed by atoms with E-state index in [2.05, 4.69) is 13.8 Å². The molecule has 0 rings (SSSR count). The van der Waals surface area contributed by atoms with Crippen molar-refractivity contribution in [3.63, 3.8) is 0 Å². The van der Waals surface area contributed by atoms with E-state index in [-0.39, 0.29) is 6.70 Å². The molecule has 0 aliphatic heterocycles. The second-order valence-electron chi connectivity index (χ2n) is 12.5. The molecule has 0 radical (unpaired) electrons. The molecule has 0 saturated carbocycles. The van der Waals surface area contributed by atoms with E-state index in [9.17, 15) is 0 Å². The Hall–Kier alpha value is 0.520. The SMILES string of the molecule is CCCCCCCCCCCCCCCCCC[P+](=S)CCCCCCCCCCCCCCCCCC. The van der Waals surface area contributed by atoms with Crippen LogP contribution in [0.5, 0.6) is 0 Å². The monoisotopic (exact) mass is 570 g/mol. The van der Waals surface area contributed by atoms with Crippen LogP contribution in [0.1, 0.15) is 219 Å². The van der Waals surface area contributed by atoms with Crippen LogP contribution in [0.3, 0.4) is 0 Å². The first kappa shape index (κ1) is 38.5. The van der Waals surface area contributed by atoms with Crippen molar-refractivity contribution in [2.45, 2.75) is 219 Å². The van der Waals surface area contributed by atoms with Crippen molar-refractivity contribution >= 4 is 18.5 Å². The number of unbranched alkanes of at least 4 members (excludes halogenated alkanes) is 30. The second kappa shape index (κ2) is 35.5. The summed E-state index contributed by atoms with van der Waals surface area (Å²) in [7, 11) is 0. The van der Waals surface area contributed by atoms with Gasteiger partial charge in [-0.3, -0.25) is 0 Å². The fourth-order valence-electron chi connectivity index (χ4n) is 5.78. The average molecular weight is 570 g/mol. The molecule has 0 spiro atoms. The molecular weight excluding hydrogens is 495 g/mol. The van der Waals surface area contributed by atoms with Crippen LogP contribution in [0, 0.1) is 0 Å². The Balaban J connectivity index is 3.14. The summed E-state index contributed by atoms with van der Waals surface area (Å²) in [4.78, 5) is 0. The summed E-state index contributed by atoms with van der Waals surface area (Å²) < 4.78 is 0. The van der Waals surface area contributed by atoms with Gasteiger partial charge < -0.3 is 0 Å². The summed E-state index contributed by atoms with van der Waals surface area (Å²) in [5, 5.41) is 0. The van der Waals surface area contributed by atoms with Gasteiger partial charge in [0.2, 0.25) is 0 Å². The van der Waals surface area contributed by atoms with Crippen molar-refractivity contribution in [2.75, 3.05) is 12.3 Å². The molecule has 0 heterocycles. The van der Waals surface area contributed by atoms with Gasteiger partial charge in [-0.2, -0.15) is 0 Å². The molecule has 0 saturated heterocycles. The largest absolute Gasteiger partial charge is 0.175 e. The highest BCUT2D eigenvalue weighted by Gasteiger charge is 2.08. The van der Waals surface area contributed by atoms with Crippen LogP contribution < -0.4 is 0 Å². The van der Waals surface area contributed by atoms with Crippen LogP contribution in [-0.4, -0.2) is 12.3 Å². The van der Waals surface area contributed by atoms with Crippen molar-refractivity contribution < 1.29 is 0 Å². The Bertz CT molecular complexity index is 397. The highest BCUT2D eigenvalue weighted by atomic mass is 32.4. The van der Waals surface area contributed by atoms with Crippen molar-refractivity contribution in [3.05, 3.63) is 0 Å². The molecule has 0 bridgehead atoms. The maximum absolute atomic E-state index is 5.81. The van der Waals surface area contributed by atoms with E-state index in [1.807, 2.05) is 0 Å². The standard InChI is InChI=1S/C36H74PS/c1-3-5-7-9-11-13-15-17-19-21-23-25-27-29-31-33-35-37(38)36-34-32-30-28-26-24-22-20-18-16-14-12-10-8-6-4-2/h3-36H2,1-2H3/q+1. The molecule has 0 atom stereocenters. The fraction of sp³-hybridized carbons (Fsp3) is 1.00. The maximum Gasteiger partial charge on any atom is 0.175 e. The third-order valence-electron chi connectivity index (χ3n) is 8.52. The van der Waals surface area contributed by atoms with Crippen molar-refractivity contribution in [3.8, 4) is 0 Å². The van der Waals surface area contributed by atoms with Gasteiger partial charge in [0.25, 0.3) is 0 Å². The Morgan fingerprint density at radius 1 is 0.263 bits per heavy atom. The summed E-state index contributed by atoms with van der Waals surface area (Å²) in [6.07, 6.45) is 49.4. The molecule has 0 unspecified atom stereocenters. The van der Waals surface area contributed by atoms with E-state index < -0.39 is 0 Å². The normalized spacial score (nSPS) is 11.4. The van der Waals surface area contributed by atoms with Crippen LogP contribution >= 0.6 is 6.70 Å². The molecular formula is C36H74PS+. The lowest BCUT2D eigenvalue weighted by Gasteiger charge is -2.03. The minimum atomic E-state index is -0.0826. The van der Waals surface area contributed by atoms with Crippen molar-refractivity contribution in [2.24, 2.45) is 0 Å². The van der Waals surface area contributed by atoms with Gasteiger partial charge in [0, 0.05) is 0 Å². The summed E-state index contributed by atoms with van der Waals surface area (Å²) in [5.41, 5.74) is 0. The van der Waals surface area contributed by atoms with Crippen molar-refractivity contribution in [1.82, 2.24) is 0 Å². The quantitative estimate of drug-likeness (QED) is 0.0548. The summed E-state index contributed by atoms with van der Waals surface area (Å²) >= 11 is 5.81. The topological polar surface area (TPSA) is 0 Å². The first-order valence-corrected chi connectivity index (χ1v) is 21.0. The van der Waals surface area contributed by atoms with E-state index in [1.165, 1.54) is 218 Å². The first-order valence-electron chi connectivity index (χ1n) is 18.2. The molecule has 0 amide bonds. The summed E-state index contributed by atoms with van der Waals surface area (Å²) in [5.74, 6) is 0. The van der Waals surface area contributed by atoms with Gasteiger partial charge in [-0.1, -0.05) is 194 Å². The van der Waals surface area contributed by atoms with E-state index in [0.29, 0.717) is 0 Å². The van der Waals surface area contributed by atoms with E-state index in [4.69, 9.17) is 11.8 Å². The zero-order valence-corrected chi connectivity index (χ0v) is 28.6. The summed E-state index contributed by atoms with van der Waals surface area (Å²) in [6, 6.07) is 0. The summed E-state index contributed by atoms with van der Waals surface area (Å²) in [6.45, 7) is 4.53. The van der Waals surface area contributed by atoms with Gasteiger partial charge in [-0.25, -0.2) is 0 Å². The highest BCUT2D eigenvalue weighted by Crippen LogP contribution is 2.26. The van der Waals surface area contributed by atoms with Crippen LogP contribution in [0.15, 0.2) is 0 Å². The minimum absolute atomic E-state index is 0.0826. The van der Waals surface area contributed by atoms with Gasteiger partial charge in [0.1, 0.15) is 12.3 Å². The predicted octanol–water partition coefficient (Wildman–Crippen LogP) is 14.5. The lowest BCUT2D eigenvalue weighted by molar-refractivity contribution is 0.531. The number of rotatable bonds is 34. The number of hydrogen-bond donors (Lipinski definition) is 0.